The van der Waals surface area contributed by atoms with Gasteiger partial charge in [0.1, 0.15) is 18.3 Å². The van der Waals surface area contributed by atoms with E-state index in [0.717, 1.165) is 0 Å². The molecule has 0 aliphatic carbocycles. The first-order valence-electron chi connectivity index (χ1n) is 6.65. The summed E-state index contributed by atoms with van der Waals surface area (Å²) in [6.07, 6.45) is -2.86. The van der Waals surface area contributed by atoms with E-state index in [2.05, 4.69) is 4.31 Å². The Morgan fingerprint density at radius 1 is 0.519 bits per heavy atom. The second-order valence-electron chi connectivity index (χ2n) is 4.12. The highest BCUT2D eigenvalue weighted by atomic mass is 31.3. The summed E-state index contributed by atoms with van der Waals surface area (Å²) in [5.41, 5.74) is 0. The van der Waals surface area contributed by atoms with Crippen molar-refractivity contribution in [2.75, 3.05) is 39.6 Å². The van der Waals surface area contributed by atoms with Crippen LogP contribution in [-0.2, 0) is 13.4 Å². The fourth-order valence-electron chi connectivity index (χ4n) is 0.312. The van der Waals surface area contributed by atoms with Crippen molar-refractivity contribution in [3.05, 3.63) is 0 Å². The second-order valence-corrected chi connectivity index (χ2v) is 6.74. The first-order chi connectivity index (χ1) is 12.1. The number of rotatable bonds is 8. The predicted octanol–water partition coefficient (Wildman–Crippen LogP) is -5.82. The molecule has 13 N–H and O–H groups in total. The van der Waals surface area contributed by atoms with Crippen LogP contribution in [0.2, 0.25) is 0 Å². The molecule has 0 aromatic rings. The van der Waals surface area contributed by atoms with E-state index in [1.54, 1.807) is 0 Å². The maximum atomic E-state index is 9.63. The van der Waals surface area contributed by atoms with E-state index < -0.39 is 34.0 Å². The average molecular weight is 454 g/mol. The normalized spacial score (nSPS) is 11.3. The van der Waals surface area contributed by atoms with Crippen molar-refractivity contribution in [1.29, 1.82) is 0 Å². The van der Waals surface area contributed by atoms with E-state index in [-0.39, 0.29) is 39.6 Å². The van der Waals surface area contributed by atoms with Gasteiger partial charge in [-0.2, -0.15) is 4.31 Å². The van der Waals surface area contributed by atoms with Crippen molar-refractivity contribution in [2.45, 2.75) is 18.3 Å². The van der Waals surface area contributed by atoms with Gasteiger partial charge in [0.15, 0.2) is 0 Å². The summed E-state index contributed by atoms with van der Waals surface area (Å²) in [6, 6.07) is 0. The van der Waals surface area contributed by atoms with Gasteiger partial charge in [-0.05, 0) is 0 Å². The average Bonchev–Trinajstić information content (AvgIpc) is 2.57. The molecule has 0 radical (unpaired) electrons. The van der Waals surface area contributed by atoms with E-state index in [1.807, 2.05) is 0 Å². The molecular formula is C9H28O16P2. The minimum Gasteiger partial charge on any atom is -0.394 e. The third-order valence-electron chi connectivity index (χ3n) is 1.48. The fourth-order valence-corrected chi connectivity index (χ4v) is 1.42. The molecule has 0 atom stereocenters. The van der Waals surface area contributed by atoms with Gasteiger partial charge in [-0.3, -0.25) is 0 Å². The topological polar surface area (TPSA) is 306 Å². The second kappa shape index (κ2) is 20.6. The van der Waals surface area contributed by atoms with Crippen LogP contribution in [0.1, 0.15) is 0 Å². The Balaban J connectivity index is -0.000000133. The molecule has 0 aliphatic rings. The summed E-state index contributed by atoms with van der Waals surface area (Å²) in [5.74, 6) is 0. The zero-order valence-corrected chi connectivity index (χ0v) is 15.7. The zero-order valence-electron chi connectivity index (χ0n) is 13.9. The quantitative estimate of drug-likeness (QED) is 0.152. The zero-order chi connectivity index (χ0) is 22.7. The Morgan fingerprint density at radius 2 is 0.667 bits per heavy atom. The molecule has 0 amide bonds. The predicted molar refractivity (Wildman–Crippen MR) is 85.7 cm³/mol. The van der Waals surface area contributed by atoms with Crippen LogP contribution in [-0.4, -0.2) is 123 Å². The Labute approximate surface area is 153 Å². The van der Waals surface area contributed by atoms with Crippen LogP contribution in [0.15, 0.2) is 0 Å². The highest BCUT2D eigenvalue weighted by Gasteiger charge is 2.27. The van der Waals surface area contributed by atoms with E-state index >= 15 is 0 Å². The first-order valence-corrected chi connectivity index (χ1v) is 9.71. The minimum atomic E-state index is -5.05. The van der Waals surface area contributed by atoms with Gasteiger partial charge in [0.2, 0.25) is 0 Å². The minimum absolute atomic E-state index is 0.365. The van der Waals surface area contributed by atoms with Gasteiger partial charge in [0.25, 0.3) is 0 Å². The molecule has 0 spiro atoms. The molecule has 0 aromatic heterocycles. The van der Waals surface area contributed by atoms with Crippen LogP contribution >= 0.6 is 15.6 Å². The van der Waals surface area contributed by atoms with E-state index in [9.17, 15) is 9.13 Å². The maximum absolute atomic E-state index is 9.63. The lowest BCUT2D eigenvalue weighted by atomic mass is 10.4. The standard InChI is InChI=1S/3C3H8O3.H4O7P2/c3*4-1-3(6)2-5;1-8(2,3)7-9(4,5)6/h3*3-6H,1-2H2;(H2,1,2,3)(H2,4,5,6). The molecule has 0 aromatic carbocycles. The third-order valence-corrected chi connectivity index (χ3v) is 3.18. The van der Waals surface area contributed by atoms with E-state index in [1.165, 1.54) is 0 Å². The molecule has 0 bridgehead atoms. The van der Waals surface area contributed by atoms with Crippen LogP contribution < -0.4 is 0 Å². The van der Waals surface area contributed by atoms with Gasteiger partial charge in [-0.1, -0.05) is 0 Å². The molecule has 170 valence electrons. The van der Waals surface area contributed by atoms with Crippen LogP contribution in [0.5, 0.6) is 0 Å². The fraction of sp³-hybridized carbons (Fsp3) is 1.00. The molecule has 0 rings (SSSR count). The Kier molecular flexibility index (Phi) is 26.3. The monoisotopic (exact) mass is 454 g/mol. The van der Waals surface area contributed by atoms with Crippen molar-refractivity contribution in [3.63, 3.8) is 0 Å². The maximum Gasteiger partial charge on any atom is 0.478 e. The highest BCUT2D eigenvalue weighted by molar-refractivity contribution is 7.60. The largest absolute Gasteiger partial charge is 0.478 e. The highest BCUT2D eigenvalue weighted by Crippen LogP contribution is 2.53. The number of aliphatic hydroxyl groups is 9. The molecule has 18 heteroatoms. The first kappa shape index (κ1) is 34.4. The molecule has 0 fully saturated rings. The van der Waals surface area contributed by atoms with Crippen molar-refractivity contribution in [1.82, 2.24) is 0 Å². The Bertz CT molecular complexity index is 326. The molecule has 0 saturated carbocycles. The number of phosphoric acid groups is 2. The van der Waals surface area contributed by atoms with Crippen molar-refractivity contribution in [2.24, 2.45) is 0 Å². The number of aliphatic hydroxyl groups excluding tert-OH is 9. The van der Waals surface area contributed by atoms with Gasteiger partial charge in [-0.15, -0.1) is 0 Å². The van der Waals surface area contributed by atoms with Crippen LogP contribution in [0.3, 0.4) is 0 Å². The summed E-state index contributed by atoms with van der Waals surface area (Å²) < 4.78 is 22.2. The molecule has 0 heterocycles. The van der Waals surface area contributed by atoms with Gasteiger partial charge in [-0.25, -0.2) is 9.13 Å². The van der Waals surface area contributed by atoms with Crippen LogP contribution in [0.4, 0.5) is 0 Å². The molecular weight excluding hydrogens is 426 g/mol. The molecule has 0 saturated heterocycles. The summed E-state index contributed by atoms with van der Waals surface area (Å²) >= 11 is 0. The summed E-state index contributed by atoms with van der Waals surface area (Å²) in [4.78, 5) is 31.0. The Morgan fingerprint density at radius 3 is 0.667 bits per heavy atom. The summed E-state index contributed by atoms with van der Waals surface area (Å²) in [5, 5.41) is 72.0. The molecule has 0 aliphatic heterocycles. The van der Waals surface area contributed by atoms with Crippen molar-refractivity contribution in [3.8, 4) is 0 Å². The molecule has 27 heavy (non-hydrogen) atoms. The summed E-state index contributed by atoms with van der Waals surface area (Å²) in [6.45, 7) is -2.19. The number of hydrogen-bond donors (Lipinski definition) is 13. The number of hydrogen-bond acceptors (Lipinski definition) is 12. The van der Waals surface area contributed by atoms with Crippen molar-refractivity contribution < 1.29 is 79.0 Å². The van der Waals surface area contributed by atoms with Crippen molar-refractivity contribution >= 4 is 15.6 Å². The van der Waals surface area contributed by atoms with E-state index in [4.69, 9.17) is 65.5 Å². The lowest BCUT2D eigenvalue weighted by Gasteiger charge is -2.03. The Hall–Kier alpha value is -0.100. The molecule has 16 nitrogen and oxygen atoms in total. The third kappa shape index (κ3) is 46.2. The molecule has 0 unspecified atom stereocenters. The van der Waals surface area contributed by atoms with E-state index in [0.29, 0.717) is 0 Å². The van der Waals surface area contributed by atoms with Crippen LogP contribution in [0.25, 0.3) is 0 Å². The van der Waals surface area contributed by atoms with Gasteiger partial charge in [0.05, 0.1) is 39.6 Å². The lowest BCUT2D eigenvalue weighted by Crippen LogP contribution is -2.15. The van der Waals surface area contributed by atoms with Gasteiger partial charge >= 0.3 is 15.6 Å². The van der Waals surface area contributed by atoms with Crippen LogP contribution in [0, 0.1) is 0 Å². The van der Waals surface area contributed by atoms with Gasteiger partial charge in [0, 0.05) is 0 Å². The smallest absolute Gasteiger partial charge is 0.394 e. The SMILES string of the molecule is O=P(O)(O)OP(=O)(O)O.OCC(O)CO.OCC(O)CO.OCC(O)CO. The summed E-state index contributed by atoms with van der Waals surface area (Å²) in [7, 11) is -10.1. The van der Waals surface area contributed by atoms with Gasteiger partial charge < -0.3 is 65.5 Å². The lowest BCUT2D eigenvalue weighted by molar-refractivity contribution is 0.0450.